The zero-order chi connectivity index (χ0) is 22.7. The Kier molecular flexibility index (Phi) is 7.05. The fourth-order valence-electron chi connectivity index (χ4n) is 2.79. The van der Waals surface area contributed by atoms with Crippen LogP contribution >= 0.6 is 46.3 Å². The number of anilines is 1. The molecule has 4 rings (SSSR count). The van der Waals surface area contributed by atoms with E-state index in [4.69, 9.17) is 23.2 Å². The van der Waals surface area contributed by atoms with E-state index in [1.165, 1.54) is 35.2 Å². The van der Waals surface area contributed by atoms with Gasteiger partial charge in [0.05, 0.1) is 27.0 Å². The first-order chi connectivity index (χ1) is 15.4. The summed E-state index contributed by atoms with van der Waals surface area (Å²) in [7, 11) is 0. The van der Waals surface area contributed by atoms with E-state index < -0.39 is 0 Å². The molecule has 0 radical (unpaired) electrons. The van der Waals surface area contributed by atoms with Crippen molar-refractivity contribution in [3.63, 3.8) is 0 Å². The Morgan fingerprint density at radius 1 is 1.09 bits per heavy atom. The number of benzene rings is 2. The summed E-state index contributed by atoms with van der Waals surface area (Å²) in [5.74, 6) is -0.372. The molecule has 0 aliphatic carbocycles. The Morgan fingerprint density at radius 3 is 2.59 bits per heavy atom. The van der Waals surface area contributed by atoms with Gasteiger partial charge in [0.25, 0.3) is 0 Å². The second-order valence-corrected chi connectivity index (χ2v) is 9.50. The molecule has 2 aromatic carbocycles. The maximum Gasteiger partial charge on any atom is 0.234 e. The van der Waals surface area contributed by atoms with Crippen LogP contribution in [0.25, 0.3) is 21.1 Å². The van der Waals surface area contributed by atoms with Gasteiger partial charge in [-0.3, -0.25) is 4.79 Å². The van der Waals surface area contributed by atoms with Gasteiger partial charge in [-0.1, -0.05) is 35.0 Å². The van der Waals surface area contributed by atoms with Crippen LogP contribution in [-0.2, 0) is 4.79 Å². The number of aryl methyl sites for hydroxylation is 1. The molecule has 32 heavy (non-hydrogen) atoms. The Balaban J connectivity index is 1.40. The highest BCUT2D eigenvalue weighted by Gasteiger charge is 2.14. The number of hydrogen-bond acceptors (Lipinski definition) is 6. The molecule has 2 aromatic heterocycles. The summed E-state index contributed by atoms with van der Waals surface area (Å²) in [6.45, 7) is 1.90. The summed E-state index contributed by atoms with van der Waals surface area (Å²) >= 11 is 14.7. The second-order valence-electron chi connectivity index (χ2n) is 6.66. The van der Waals surface area contributed by atoms with Gasteiger partial charge in [0.15, 0.2) is 0 Å². The van der Waals surface area contributed by atoms with Crippen LogP contribution in [0.4, 0.5) is 10.1 Å². The van der Waals surface area contributed by atoms with Crippen molar-refractivity contribution >= 4 is 57.9 Å². The average molecular weight is 505 g/mol. The second kappa shape index (κ2) is 9.95. The van der Waals surface area contributed by atoms with Gasteiger partial charge in [0.2, 0.25) is 5.91 Å². The minimum Gasteiger partial charge on any atom is -0.324 e. The van der Waals surface area contributed by atoms with Crippen molar-refractivity contribution in [1.29, 1.82) is 0 Å². The van der Waals surface area contributed by atoms with E-state index in [0.29, 0.717) is 26.5 Å². The molecule has 4 aromatic rings. The minimum atomic E-state index is -0.287. The molecule has 0 spiro atoms. The molecule has 2 heterocycles. The Bertz CT molecular complexity index is 1260. The number of halogens is 3. The Labute approximate surface area is 202 Å². The maximum absolute atomic E-state index is 13.2. The van der Waals surface area contributed by atoms with E-state index in [1.54, 1.807) is 30.3 Å². The van der Waals surface area contributed by atoms with Crippen LogP contribution in [0.1, 0.15) is 5.69 Å². The SMILES string of the molecule is Cc1nc(-c2ccc(F)cc2)sc1-c1ccc(SCC(=O)Nc2cc(Cl)ccc2Cl)nn1. The van der Waals surface area contributed by atoms with Crippen molar-refractivity contribution in [3.05, 3.63) is 76.2 Å². The maximum atomic E-state index is 13.2. The number of thioether (sulfide) groups is 1. The monoisotopic (exact) mass is 504 g/mol. The van der Waals surface area contributed by atoms with Crippen LogP contribution in [0.15, 0.2) is 59.6 Å². The molecule has 1 amide bonds. The van der Waals surface area contributed by atoms with E-state index in [1.807, 2.05) is 19.1 Å². The van der Waals surface area contributed by atoms with Gasteiger partial charge in [-0.15, -0.1) is 21.5 Å². The lowest BCUT2D eigenvalue weighted by atomic mass is 10.2. The highest BCUT2D eigenvalue weighted by atomic mass is 35.5. The number of hydrogen-bond donors (Lipinski definition) is 1. The van der Waals surface area contributed by atoms with Gasteiger partial charge in [0.1, 0.15) is 21.5 Å². The van der Waals surface area contributed by atoms with Crippen molar-refractivity contribution in [1.82, 2.24) is 15.2 Å². The normalized spacial score (nSPS) is 10.9. The molecule has 0 unspecified atom stereocenters. The molecule has 0 aliphatic rings. The van der Waals surface area contributed by atoms with Crippen molar-refractivity contribution < 1.29 is 9.18 Å². The van der Waals surface area contributed by atoms with Gasteiger partial charge in [0, 0.05) is 10.6 Å². The lowest BCUT2D eigenvalue weighted by Gasteiger charge is -2.07. The fourth-order valence-corrected chi connectivity index (χ4v) is 4.77. The van der Waals surface area contributed by atoms with Crippen molar-refractivity contribution in [2.24, 2.45) is 0 Å². The van der Waals surface area contributed by atoms with Crippen molar-refractivity contribution in [3.8, 4) is 21.1 Å². The number of nitrogens with zero attached hydrogens (tertiary/aromatic N) is 3. The van der Waals surface area contributed by atoms with E-state index in [-0.39, 0.29) is 17.5 Å². The molecule has 0 saturated carbocycles. The summed E-state index contributed by atoms with van der Waals surface area (Å²) in [6.07, 6.45) is 0. The molecule has 1 N–H and O–H groups in total. The largest absolute Gasteiger partial charge is 0.324 e. The number of aromatic nitrogens is 3. The van der Waals surface area contributed by atoms with Crippen LogP contribution in [0.3, 0.4) is 0 Å². The number of nitrogens with one attached hydrogen (secondary N) is 1. The predicted octanol–water partition coefficient (Wildman–Crippen LogP) is 6.75. The zero-order valence-corrected chi connectivity index (χ0v) is 19.7. The number of carbonyl (C=O) groups is 1. The van der Waals surface area contributed by atoms with Crippen molar-refractivity contribution in [2.45, 2.75) is 11.9 Å². The first-order valence-electron chi connectivity index (χ1n) is 9.34. The Hall–Kier alpha value is -2.52. The molecule has 0 bridgehead atoms. The third-order valence-electron chi connectivity index (χ3n) is 4.31. The highest BCUT2D eigenvalue weighted by Crippen LogP contribution is 2.34. The molecule has 0 saturated heterocycles. The lowest BCUT2D eigenvalue weighted by molar-refractivity contribution is -0.113. The van der Waals surface area contributed by atoms with Gasteiger partial charge >= 0.3 is 0 Å². The van der Waals surface area contributed by atoms with E-state index in [0.717, 1.165) is 21.1 Å². The van der Waals surface area contributed by atoms with Gasteiger partial charge < -0.3 is 5.32 Å². The van der Waals surface area contributed by atoms with Crippen LogP contribution in [0, 0.1) is 12.7 Å². The van der Waals surface area contributed by atoms with Crippen molar-refractivity contribution in [2.75, 3.05) is 11.1 Å². The summed E-state index contributed by atoms with van der Waals surface area (Å²) < 4.78 is 13.2. The summed E-state index contributed by atoms with van der Waals surface area (Å²) in [5.41, 5.74) is 2.82. The van der Waals surface area contributed by atoms with Crippen LogP contribution in [0.2, 0.25) is 10.0 Å². The van der Waals surface area contributed by atoms with Gasteiger partial charge in [-0.2, -0.15) is 0 Å². The lowest BCUT2D eigenvalue weighted by Crippen LogP contribution is -2.14. The minimum absolute atomic E-state index is 0.144. The smallest absolute Gasteiger partial charge is 0.234 e. The summed E-state index contributed by atoms with van der Waals surface area (Å²) in [5, 5.41) is 13.5. The van der Waals surface area contributed by atoms with E-state index >= 15 is 0 Å². The Morgan fingerprint density at radius 2 is 1.88 bits per heavy atom. The van der Waals surface area contributed by atoms with E-state index in [9.17, 15) is 9.18 Å². The molecule has 5 nitrogen and oxygen atoms in total. The quantitative estimate of drug-likeness (QED) is 0.294. The van der Waals surface area contributed by atoms with Gasteiger partial charge in [-0.05, 0) is 61.5 Å². The predicted molar refractivity (Wildman–Crippen MR) is 129 cm³/mol. The number of amides is 1. The average Bonchev–Trinajstić information content (AvgIpc) is 3.17. The first-order valence-corrected chi connectivity index (χ1v) is 11.9. The third kappa shape index (κ3) is 5.45. The van der Waals surface area contributed by atoms with E-state index in [2.05, 4.69) is 20.5 Å². The summed E-state index contributed by atoms with van der Waals surface area (Å²) in [6, 6.07) is 14.7. The molecule has 0 atom stereocenters. The molecule has 0 aliphatic heterocycles. The van der Waals surface area contributed by atoms with Crippen LogP contribution in [-0.4, -0.2) is 26.8 Å². The standard InChI is InChI=1S/C22H15Cl2FN4OS2/c1-12-21(32-22(26-12)13-2-5-15(25)6-3-13)17-8-9-20(29-28-17)31-11-19(30)27-18-10-14(23)4-7-16(18)24/h2-10H,11H2,1H3,(H,27,30). The number of rotatable bonds is 6. The molecular weight excluding hydrogens is 490 g/mol. The van der Waals surface area contributed by atoms with Gasteiger partial charge in [-0.25, -0.2) is 9.37 Å². The highest BCUT2D eigenvalue weighted by molar-refractivity contribution is 7.99. The first kappa shape index (κ1) is 22.7. The number of thiazole rings is 1. The zero-order valence-electron chi connectivity index (χ0n) is 16.6. The summed E-state index contributed by atoms with van der Waals surface area (Å²) in [4.78, 5) is 17.7. The topological polar surface area (TPSA) is 67.8 Å². The fraction of sp³-hybridized carbons (Fsp3) is 0.0909. The van der Waals surface area contributed by atoms with Crippen LogP contribution < -0.4 is 5.32 Å². The molecule has 10 heteroatoms. The number of carbonyl (C=O) groups excluding carboxylic acids is 1. The van der Waals surface area contributed by atoms with Crippen LogP contribution in [0.5, 0.6) is 0 Å². The third-order valence-corrected chi connectivity index (χ3v) is 7.03. The molecule has 0 fully saturated rings. The molecular formula is C22H15Cl2FN4OS2. The molecule has 162 valence electrons.